The SMILES string of the molecule is Cc1ccccc1N(CCC(=O)O)S(=O)(=O)c1cccc([N+](=O)[O-])c1. The summed E-state index contributed by atoms with van der Waals surface area (Å²) in [6, 6.07) is 11.3. The highest BCUT2D eigenvalue weighted by Gasteiger charge is 2.27. The second-order valence-electron chi connectivity index (χ2n) is 5.26. The minimum absolute atomic E-state index is 0.268. The van der Waals surface area contributed by atoms with Gasteiger partial charge in [-0.1, -0.05) is 24.3 Å². The second-order valence-corrected chi connectivity index (χ2v) is 7.12. The Morgan fingerprint density at radius 2 is 1.88 bits per heavy atom. The lowest BCUT2D eigenvalue weighted by Crippen LogP contribution is -2.33. The smallest absolute Gasteiger partial charge is 0.305 e. The normalized spacial score (nSPS) is 11.1. The molecule has 0 aliphatic rings. The first-order valence-corrected chi connectivity index (χ1v) is 8.72. The van der Waals surface area contributed by atoms with Gasteiger partial charge in [0.05, 0.1) is 21.9 Å². The summed E-state index contributed by atoms with van der Waals surface area (Å²) in [4.78, 5) is 20.9. The highest BCUT2D eigenvalue weighted by Crippen LogP contribution is 2.28. The van der Waals surface area contributed by atoms with Crippen molar-refractivity contribution in [2.24, 2.45) is 0 Å². The summed E-state index contributed by atoms with van der Waals surface area (Å²) in [5.74, 6) is -1.15. The number of benzene rings is 2. The molecule has 0 amide bonds. The van der Waals surface area contributed by atoms with Gasteiger partial charge < -0.3 is 5.11 Å². The Morgan fingerprint density at radius 3 is 2.48 bits per heavy atom. The van der Waals surface area contributed by atoms with Crippen molar-refractivity contribution in [3.05, 3.63) is 64.2 Å². The number of non-ortho nitro benzene ring substituents is 1. The lowest BCUT2D eigenvalue weighted by Gasteiger charge is -2.25. The maximum absolute atomic E-state index is 13.0. The quantitative estimate of drug-likeness (QED) is 0.596. The summed E-state index contributed by atoms with van der Waals surface area (Å²) in [5, 5.41) is 19.8. The Bertz CT molecular complexity index is 910. The number of nitro benzene ring substituents is 1. The van der Waals surface area contributed by atoms with Crippen LogP contribution < -0.4 is 4.31 Å². The number of nitrogens with zero attached hydrogens (tertiary/aromatic N) is 2. The minimum Gasteiger partial charge on any atom is -0.481 e. The van der Waals surface area contributed by atoms with E-state index in [-0.39, 0.29) is 17.1 Å². The minimum atomic E-state index is -4.16. The van der Waals surface area contributed by atoms with Crippen LogP contribution in [0.1, 0.15) is 12.0 Å². The van der Waals surface area contributed by atoms with Gasteiger partial charge in [-0.05, 0) is 24.6 Å². The van der Waals surface area contributed by atoms with Gasteiger partial charge in [-0.25, -0.2) is 8.42 Å². The van der Waals surface area contributed by atoms with E-state index in [2.05, 4.69) is 0 Å². The van der Waals surface area contributed by atoms with E-state index in [9.17, 15) is 23.3 Å². The van der Waals surface area contributed by atoms with Gasteiger partial charge in [0, 0.05) is 18.7 Å². The summed E-state index contributed by atoms with van der Waals surface area (Å²) < 4.78 is 26.9. The Kier molecular flexibility index (Phi) is 5.38. The Hall–Kier alpha value is -2.94. The van der Waals surface area contributed by atoms with E-state index in [0.717, 1.165) is 10.4 Å². The van der Waals surface area contributed by atoms with E-state index in [1.54, 1.807) is 31.2 Å². The largest absolute Gasteiger partial charge is 0.481 e. The molecule has 0 aliphatic heterocycles. The molecule has 0 bridgehead atoms. The standard InChI is InChI=1S/C16H16N2O6S/c1-12-5-2-3-8-15(12)17(10-9-16(19)20)25(23,24)14-7-4-6-13(11-14)18(21)22/h2-8,11H,9-10H2,1H3,(H,19,20). The molecule has 0 unspecified atom stereocenters. The molecule has 0 spiro atoms. The Labute approximate surface area is 144 Å². The van der Waals surface area contributed by atoms with Gasteiger partial charge in [-0.15, -0.1) is 0 Å². The zero-order valence-electron chi connectivity index (χ0n) is 13.3. The number of hydrogen-bond donors (Lipinski definition) is 1. The first kappa shape index (κ1) is 18.4. The van der Waals surface area contributed by atoms with E-state index >= 15 is 0 Å². The van der Waals surface area contributed by atoms with Crippen LogP contribution in [0.4, 0.5) is 11.4 Å². The van der Waals surface area contributed by atoms with Crippen LogP contribution in [-0.4, -0.2) is 31.0 Å². The molecular weight excluding hydrogens is 348 g/mol. The predicted octanol–water partition coefficient (Wildman–Crippen LogP) is 2.57. The van der Waals surface area contributed by atoms with Crippen molar-refractivity contribution in [3.8, 4) is 0 Å². The van der Waals surface area contributed by atoms with Crippen LogP contribution in [0.15, 0.2) is 53.4 Å². The van der Waals surface area contributed by atoms with Gasteiger partial charge in [0.2, 0.25) is 0 Å². The van der Waals surface area contributed by atoms with Crippen molar-refractivity contribution >= 4 is 27.4 Å². The van der Waals surface area contributed by atoms with E-state index in [4.69, 9.17) is 5.11 Å². The van der Waals surface area contributed by atoms with Crippen LogP contribution in [0.2, 0.25) is 0 Å². The molecule has 0 fully saturated rings. The molecule has 25 heavy (non-hydrogen) atoms. The van der Waals surface area contributed by atoms with E-state index < -0.39 is 27.3 Å². The molecule has 0 atom stereocenters. The monoisotopic (exact) mass is 364 g/mol. The molecule has 0 radical (unpaired) electrons. The van der Waals surface area contributed by atoms with Crippen LogP contribution >= 0.6 is 0 Å². The highest BCUT2D eigenvalue weighted by atomic mass is 32.2. The zero-order chi connectivity index (χ0) is 18.6. The van der Waals surface area contributed by atoms with Crippen molar-refractivity contribution in [3.63, 3.8) is 0 Å². The fourth-order valence-corrected chi connectivity index (χ4v) is 3.87. The third-order valence-corrected chi connectivity index (χ3v) is 5.34. The molecule has 0 aromatic heterocycles. The first-order valence-electron chi connectivity index (χ1n) is 7.28. The van der Waals surface area contributed by atoms with Crippen molar-refractivity contribution in [2.75, 3.05) is 10.8 Å². The van der Waals surface area contributed by atoms with Gasteiger partial charge in [0.1, 0.15) is 0 Å². The number of aliphatic carboxylic acids is 1. The summed E-state index contributed by atoms with van der Waals surface area (Å²) in [6.07, 6.45) is -0.400. The molecule has 2 rings (SSSR count). The number of carbonyl (C=O) groups is 1. The average Bonchev–Trinajstić information content (AvgIpc) is 2.56. The van der Waals surface area contributed by atoms with Gasteiger partial charge in [-0.3, -0.25) is 19.2 Å². The van der Waals surface area contributed by atoms with Gasteiger partial charge in [0.15, 0.2) is 0 Å². The molecular formula is C16H16N2O6S. The van der Waals surface area contributed by atoms with Gasteiger partial charge in [-0.2, -0.15) is 0 Å². The number of carboxylic acid groups (broad SMARTS) is 1. The molecule has 2 aromatic carbocycles. The van der Waals surface area contributed by atoms with E-state index in [0.29, 0.717) is 11.3 Å². The fourth-order valence-electron chi connectivity index (χ4n) is 2.30. The predicted molar refractivity (Wildman–Crippen MR) is 91.1 cm³/mol. The number of aryl methyl sites for hydroxylation is 1. The number of hydrogen-bond acceptors (Lipinski definition) is 5. The zero-order valence-corrected chi connectivity index (χ0v) is 14.1. The average molecular weight is 364 g/mol. The molecule has 1 N–H and O–H groups in total. The molecule has 8 nitrogen and oxygen atoms in total. The molecule has 0 saturated carbocycles. The number of para-hydroxylation sites is 1. The number of rotatable bonds is 7. The van der Waals surface area contributed by atoms with Crippen LogP contribution in [0.5, 0.6) is 0 Å². The van der Waals surface area contributed by atoms with Crippen LogP contribution in [0, 0.1) is 17.0 Å². The van der Waals surface area contributed by atoms with Crippen LogP contribution in [0.3, 0.4) is 0 Å². The first-order chi connectivity index (χ1) is 11.7. The Morgan fingerprint density at radius 1 is 1.20 bits per heavy atom. The van der Waals surface area contributed by atoms with Crippen molar-refractivity contribution in [1.29, 1.82) is 0 Å². The lowest BCUT2D eigenvalue weighted by molar-refractivity contribution is -0.385. The third-order valence-electron chi connectivity index (χ3n) is 3.53. The molecule has 0 heterocycles. The second kappa shape index (κ2) is 7.31. The molecule has 9 heteroatoms. The maximum atomic E-state index is 13.0. The fraction of sp³-hybridized carbons (Fsp3) is 0.188. The summed E-state index contributed by atoms with van der Waals surface area (Å²) in [5.41, 5.74) is 0.612. The number of carboxylic acids is 1. The highest BCUT2D eigenvalue weighted by molar-refractivity contribution is 7.92. The molecule has 0 aliphatic carbocycles. The van der Waals surface area contributed by atoms with Crippen molar-refractivity contribution < 1.29 is 23.2 Å². The lowest BCUT2D eigenvalue weighted by atomic mass is 10.2. The third kappa shape index (κ3) is 4.13. The molecule has 132 valence electrons. The summed E-state index contributed by atoms with van der Waals surface area (Å²) in [7, 11) is -4.16. The summed E-state index contributed by atoms with van der Waals surface area (Å²) >= 11 is 0. The van der Waals surface area contributed by atoms with Crippen LogP contribution in [-0.2, 0) is 14.8 Å². The van der Waals surface area contributed by atoms with Crippen LogP contribution in [0.25, 0.3) is 0 Å². The maximum Gasteiger partial charge on any atom is 0.305 e. The van der Waals surface area contributed by atoms with Gasteiger partial charge in [0.25, 0.3) is 15.7 Å². The topological polar surface area (TPSA) is 118 Å². The van der Waals surface area contributed by atoms with Gasteiger partial charge >= 0.3 is 5.97 Å². The number of anilines is 1. The van der Waals surface area contributed by atoms with Crippen molar-refractivity contribution in [1.82, 2.24) is 0 Å². The molecule has 2 aromatic rings. The van der Waals surface area contributed by atoms with E-state index in [1.165, 1.54) is 18.2 Å². The Balaban J connectivity index is 2.55. The summed E-state index contributed by atoms with van der Waals surface area (Å²) in [6.45, 7) is 1.41. The number of nitro groups is 1. The number of sulfonamides is 1. The van der Waals surface area contributed by atoms with Crippen molar-refractivity contribution in [2.45, 2.75) is 18.2 Å². The van der Waals surface area contributed by atoms with E-state index in [1.807, 2.05) is 0 Å². The molecule has 0 saturated heterocycles.